The lowest BCUT2D eigenvalue weighted by Gasteiger charge is -2.13. The zero-order valence-electron chi connectivity index (χ0n) is 14.0. The molecule has 2 aromatic rings. The number of benzene rings is 1. The molecule has 1 aromatic heterocycles. The summed E-state index contributed by atoms with van der Waals surface area (Å²) in [5.74, 6) is 0.725. The minimum absolute atomic E-state index is 0.109. The van der Waals surface area contributed by atoms with Crippen LogP contribution in [0.5, 0.6) is 5.75 Å². The van der Waals surface area contributed by atoms with Crippen molar-refractivity contribution in [1.29, 1.82) is 0 Å². The number of anilines is 2. The Kier molecular flexibility index (Phi) is 5.72. The summed E-state index contributed by atoms with van der Waals surface area (Å²) in [7, 11) is 0. The van der Waals surface area contributed by atoms with Crippen LogP contribution in [0, 0.1) is 3.95 Å². The van der Waals surface area contributed by atoms with Gasteiger partial charge in [-0.25, -0.2) is 0 Å². The van der Waals surface area contributed by atoms with Gasteiger partial charge < -0.3 is 25.1 Å². The summed E-state index contributed by atoms with van der Waals surface area (Å²) in [5, 5.41) is 2.86. The quantitative estimate of drug-likeness (QED) is 0.749. The molecule has 0 radical (unpaired) electrons. The van der Waals surface area contributed by atoms with Crippen LogP contribution in [0.25, 0.3) is 0 Å². The fourth-order valence-corrected chi connectivity index (χ4v) is 4.01. The molecule has 3 N–H and O–H groups in total. The fourth-order valence-electron chi connectivity index (χ4n) is 2.77. The van der Waals surface area contributed by atoms with Crippen LogP contribution in [0.4, 0.5) is 11.5 Å². The lowest BCUT2D eigenvalue weighted by molar-refractivity contribution is 0.0970. The van der Waals surface area contributed by atoms with Crippen molar-refractivity contribution in [2.45, 2.75) is 32.4 Å². The Morgan fingerprint density at radius 2 is 2.32 bits per heavy atom. The van der Waals surface area contributed by atoms with E-state index in [0.717, 1.165) is 19.4 Å². The van der Waals surface area contributed by atoms with E-state index >= 15 is 0 Å². The maximum atomic E-state index is 12.7. The van der Waals surface area contributed by atoms with Crippen molar-refractivity contribution >= 4 is 41.0 Å². The van der Waals surface area contributed by atoms with E-state index in [1.807, 2.05) is 25.1 Å². The van der Waals surface area contributed by atoms with E-state index in [4.69, 9.17) is 27.4 Å². The number of thiazole rings is 1. The average molecular weight is 380 g/mol. The molecule has 0 unspecified atom stereocenters. The molecule has 1 atom stereocenters. The summed E-state index contributed by atoms with van der Waals surface area (Å²) in [6.07, 6.45) is 2.14. The van der Waals surface area contributed by atoms with Crippen LogP contribution in [-0.4, -0.2) is 29.8 Å². The number of nitrogen functional groups attached to an aromatic ring is 1. The van der Waals surface area contributed by atoms with Crippen molar-refractivity contribution < 1.29 is 14.3 Å². The molecule has 1 aliphatic heterocycles. The van der Waals surface area contributed by atoms with Crippen molar-refractivity contribution in [1.82, 2.24) is 4.57 Å². The third kappa shape index (κ3) is 4.02. The van der Waals surface area contributed by atoms with E-state index in [1.54, 1.807) is 10.6 Å². The van der Waals surface area contributed by atoms with Crippen LogP contribution in [0.3, 0.4) is 0 Å². The van der Waals surface area contributed by atoms with Gasteiger partial charge in [-0.2, -0.15) is 0 Å². The Bertz CT molecular complexity index is 810. The van der Waals surface area contributed by atoms with E-state index in [-0.39, 0.29) is 12.0 Å². The van der Waals surface area contributed by atoms with Crippen molar-refractivity contribution in [3.8, 4) is 5.75 Å². The van der Waals surface area contributed by atoms with E-state index in [9.17, 15) is 4.79 Å². The van der Waals surface area contributed by atoms with Crippen LogP contribution in [-0.2, 0) is 11.3 Å². The van der Waals surface area contributed by atoms with Gasteiger partial charge in [0.05, 0.1) is 24.9 Å². The summed E-state index contributed by atoms with van der Waals surface area (Å²) >= 11 is 6.60. The van der Waals surface area contributed by atoms with Crippen molar-refractivity contribution in [2.75, 3.05) is 24.3 Å². The average Bonchev–Trinajstić information content (AvgIpc) is 3.20. The summed E-state index contributed by atoms with van der Waals surface area (Å²) < 4.78 is 13.5. The maximum absolute atomic E-state index is 12.7. The van der Waals surface area contributed by atoms with E-state index < -0.39 is 0 Å². The number of nitrogens with one attached hydrogen (secondary N) is 1. The van der Waals surface area contributed by atoms with Gasteiger partial charge in [-0.15, -0.1) is 0 Å². The van der Waals surface area contributed by atoms with Crippen molar-refractivity contribution in [3.63, 3.8) is 0 Å². The fraction of sp³-hybridized carbons (Fsp3) is 0.412. The third-order valence-corrected chi connectivity index (χ3v) is 5.45. The number of ether oxygens (including phenoxy) is 2. The Morgan fingerprint density at radius 1 is 1.52 bits per heavy atom. The first-order valence-corrected chi connectivity index (χ1v) is 9.46. The molecular formula is C17H21N3O3S2. The molecule has 25 heavy (non-hydrogen) atoms. The Morgan fingerprint density at radius 3 is 3.04 bits per heavy atom. The summed E-state index contributed by atoms with van der Waals surface area (Å²) in [6, 6.07) is 7.30. The van der Waals surface area contributed by atoms with Crippen LogP contribution in [0.1, 0.15) is 29.4 Å². The molecule has 0 saturated carbocycles. The van der Waals surface area contributed by atoms with Gasteiger partial charge in [0.15, 0.2) is 3.95 Å². The predicted octanol–water partition coefficient (Wildman–Crippen LogP) is 3.69. The highest BCUT2D eigenvalue weighted by Gasteiger charge is 2.22. The molecule has 0 aliphatic carbocycles. The summed E-state index contributed by atoms with van der Waals surface area (Å²) in [4.78, 5) is 13.1. The van der Waals surface area contributed by atoms with Crippen molar-refractivity contribution in [3.05, 3.63) is 33.1 Å². The number of hydrogen-bond donors (Lipinski definition) is 2. The van der Waals surface area contributed by atoms with Crippen LogP contribution >= 0.6 is 23.6 Å². The Hall–Kier alpha value is -1.90. The lowest BCUT2D eigenvalue weighted by Crippen LogP contribution is -2.18. The molecular weight excluding hydrogens is 358 g/mol. The number of nitrogens with two attached hydrogens (primary N) is 1. The van der Waals surface area contributed by atoms with Crippen molar-refractivity contribution in [2.24, 2.45) is 0 Å². The largest absolute Gasteiger partial charge is 0.492 e. The first kappa shape index (κ1) is 17.9. The zero-order valence-corrected chi connectivity index (χ0v) is 15.6. The Balaban J connectivity index is 1.80. The maximum Gasteiger partial charge on any atom is 0.269 e. The minimum atomic E-state index is -0.285. The predicted molar refractivity (Wildman–Crippen MR) is 102 cm³/mol. The Labute approximate surface area is 155 Å². The first-order chi connectivity index (χ1) is 12.1. The normalized spacial score (nSPS) is 16.8. The van der Waals surface area contributed by atoms with Gasteiger partial charge in [0.2, 0.25) is 0 Å². The lowest BCUT2D eigenvalue weighted by atomic mass is 10.2. The topological polar surface area (TPSA) is 78.5 Å². The number of carbonyl (C=O) groups is 1. The molecule has 1 fully saturated rings. The van der Waals surface area contributed by atoms with E-state index in [2.05, 4.69) is 5.32 Å². The zero-order chi connectivity index (χ0) is 17.8. The summed E-state index contributed by atoms with van der Waals surface area (Å²) in [6.45, 7) is 3.77. The SMILES string of the molecule is CCOc1ccccc1NC(=O)c1sc(=S)n(C[C@H]2CCCO2)c1N. The van der Waals surface area contributed by atoms with Gasteiger partial charge in [0.1, 0.15) is 16.4 Å². The molecule has 1 saturated heterocycles. The molecule has 1 aromatic carbocycles. The first-order valence-electron chi connectivity index (χ1n) is 8.24. The molecule has 0 spiro atoms. The van der Waals surface area contributed by atoms with Gasteiger partial charge in [-0.1, -0.05) is 23.5 Å². The molecule has 3 rings (SSSR count). The number of hydrogen-bond acceptors (Lipinski definition) is 6. The number of nitrogens with zero attached hydrogens (tertiary/aromatic N) is 1. The molecule has 0 bridgehead atoms. The van der Waals surface area contributed by atoms with Crippen LogP contribution < -0.4 is 15.8 Å². The molecule has 2 heterocycles. The molecule has 1 amide bonds. The van der Waals surface area contributed by atoms with Crippen LogP contribution in [0.2, 0.25) is 0 Å². The number of aromatic nitrogens is 1. The molecule has 134 valence electrons. The molecule has 8 heteroatoms. The molecule has 6 nitrogen and oxygen atoms in total. The molecule has 1 aliphatic rings. The standard InChI is InChI=1S/C17H21N3O3S2/c1-2-22-13-8-4-3-7-12(13)19-16(21)14-15(18)20(17(24)25-14)10-11-6-5-9-23-11/h3-4,7-8,11H,2,5-6,9-10,18H2,1H3,(H,19,21)/t11-/m1/s1. The number of carbonyl (C=O) groups excluding carboxylic acids is 1. The third-order valence-electron chi connectivity index (χ3n) is 3.98. The van der Waals surface area contributed by atoms with Gasteiger partial charge in [-0.05, 0) is 44.1 Å². The van der Waals surface area contributed by atoms with Gasteiger partial charge in [-0.3, -0.25) is 4.79 Å². The highest BCUT2D eigenvalue weighted by molar-refractivity contribution is 7.73. The minimum Gasteiger partial charge on any atom is -0.492 e. The highest BCUT2D eigenvalue weighted by atomic mass is 32.1. The second kappa shape index (κ2) is 7.99. The van der Waals surface area contributed by atoms with Crippen LogP contribution in [0.15, 0.2) is 24.3 Å². The second-order valence-electron chi connectivity index (χ2n) is 5.71. The number of rotatable bonds is 6. The monoisotopic (exact) mass is 379 g/mol. The van der Waals surface area contributed by atoms with E-state index in [0.29, 0.717) is 39.2 Å². The highest BCUT2D eigenvalue weighted by Crippen LogP contribution is 2.28. The van der Waals surface area contributed by atoms with E-state index in [1.165, 1.54) is 11.3 Å². The van der Waals surface area contributed by atoms with Gasteiger partial charge in [0, 0.05) is 6.61 Å². The van der Waals surface area contributed by atoms with Gasteiger partial charge in [0.25, 0.3) is 5.91 Å². The smallest absolute Gasteiger partial charge is 0.269 e. The number of amides is 1. The number of para-hydroxylation sites is 2. The summed E-state index contributed by atoms with van der Waals surface area (Å²) in [5.41, 5.74) is 6.80. The van der Waals surface area contributed by atoms with Gasteiger partial charge >= 0.3 is 0 Å². The second-order valence-corrected chi connectivity index (χ2v) is 7.36.